The number of halogens is 1. The van der Waals surface area contributed by atoms with Crippen LogP contribution in [0.15, 0.2) is 22.7 Å². The van der Waals surface area contributed by atoms with Gasteiger partial charge in [0.25, 0.3) is 0 Å². The quantitative estimate of drug-likeness (QED) is 0.858. The van der Waals surface area contributed by atoms with Crippen LogP contribution in [0.25, 0.3) is 0 Å². The molecule has 16 heavy (non-hydrogen) atoms. The fraction of sp³-hybridized carbons (Fsp3) is 0.538. The summed E-state index contributed by atoms with van der Waals surface area (Å²) in [6.07, 6.45) is 3.94. The van der Waals surface area contributed by atoms with Gasteiger partial charge in [-0.1, -0.05) is 29.3 Å². The van der Waals surface area contributed by atoms with Crippen molar-refractivity contribution in [1.29, 1.82) is 0 Å². The number of benzene rings is 1. The molecular weight excluding hydrogens is 264 g/mol. The molecule has 1 heterocycles. The third-order valence-corrected chi connectivity index (χ3v) is 3.81. The lowest BCUT2D eigenvalue weighted by atomic mass is 10.0. The number of nitrogens with zero attached hydrogens (tertiary/aromatic N) is 1. The summed E-state index contributed by atoms with van der Waals surface area (Å²) in [5, 5.41) is 0. The van der Waals surface area contributed by atoms with Crippen LogP contribution in [0.4, 0.5) is 11.4 Å². The fourth-order valence-electron chi connectivity index (χ4n) is 2.51. The molecule has 88 valence electrons. The normalized spacial score (nSPS) is 20.4. The van der Waals surface area contributed by atoms with E-state index in [0.717, 1.165) is 22.6 Å². The van der Waals surface area contributed by atoms with Gasteiger partial charge >= 0.3 is 0 Å². The second kappa shape index (κ2) is 5.09. The van der Waals surface area contributed by atoms with Crippen molar-refractivity contribution < 1.29 is 0 Å². The third-order valence-electron chi connectivity index (χ3n) is 3.31. The maximum Gasteiger partial charge on any atom is 0.0600 e. The molecule has 0 saturated carbocycles. The molecule has 0 aromatic heterocycles. The van der Waals surface area contributed by atoms with E-state index in [1.165, 1.54) is 31.5 Å². The van der Waals surface area contributed by atoms with Crippen LogP contribution in [0, 0.1) is 5.92 Å². The maximum atomic E-state index is 6.05. The second-order valence-electron chi connectivity index (χ2n) is 4.59. The lowest BCUT2D eigenvalue weighted by molar-refractivity contribution is 0.530. The first-order valence-corrected chi connectivity index (χ1v) is 6.80. The van der Waals surface area contributed by atoms with E-state index in [1.54, 1.807) is 0 Å². The van der Waals surface area contributed by atoms with Crippen LogP contribution in [-0.4, -0.2) is 13.1 Å². The Morgan fingerprint density at radius 1 is 1.50 bits per heavy atom. The molecule has 2 N–H and O–H groups in total. The van der Waals surface area contributed by atoms with Crippen molar-refractivity contribution in [2.24, 2.45) is 5.92 Å². The molecule has 0 bridgehead atoms. The van der Waals surface area contributed by atoms with Gasteiger partial charge in [0, 0.05) is 17.6 Å². The van der Waals surface area contributed by atoms with Crippen LogP contribution in [0.2, 0.25) is 0 Å². The molecular formula is C13H19BrN2. The van der Waals surface area contributed by atoms with Crippen molar-refractivity contribution in [3.8, 4) is 0 Å². The van der Waals surface area contributed by atoms with Crippen molar-refractivity contribution >= 4 is 27.3 Å². The summed E-state index contributed by atoms with van der Waals surface area (Å²) < 4.78 is 1.05. The second-order valence-corrected chi connectivity index (χ2v) is 5.51. The lowest BCUT2D eigenvalue weighted by Crippen LogP contribution is -2.20. The Balaban J connectivity index is 2.08. The first-order valence-electron chi connectivity index (χ1n) is 6.00. The summed E-state index contributed by atoms with van der Waals surface area (Å²) in [6.45, 7) is 4.58. The van der Waals surface area contributed by atoms with Crippen LogP contribution in [0.3, 0.4) is 0 Å². The molecule has 1 atom stereocenters. The molecule has 0 amide bonds. The van der Waals surface area contributed by atoms with Gasteiger partial charge in [-0.2, -0.15) is 0 Å². The van der Waals surface area contributed by atoms with E-state index in [2.05, 4.69) is 39.9 Å². The molecule has 0 radical (unpaired) electrons. The van der Waals surface area contributed by atoms with E-state index >= 15 is 0 Å². The van der Waals surface area contributed by atoms with Crippen molar-refractivity contribution in [2.45, 2.75) is 26.2 Å². The SMILES string of the molecule is CCCC1CCN(c2ccc(Br)cc2N)C1. The number of rotatable bonds is 3. The minimum absolute atomic E-state index is 0.855. The maximum absolute atomic E-state index is 6.05. The number of hydrogen-bond acceptors (Lipinski definition) is 2. The molecule has 2 nitrogen and oxygen atoms in total. The first kappa shape index (κ1) is 11.8. The monoisotopic (exact) mass is 282 g/mol. The van der Waals surface area contributed by atoms with E-state index < -0.39 is 0 Å². The van der Waals surface area contributed by atoms with Crippen molar-refractivity contribution in [3.05, 3.63) is 22.7 Å². The highest BCUT2D eigenvalue weighted by atomic mass is 79.9. The largest absolute Gasteiger partial charge is 0.397 e. The summed E-state index contributed by atoms with van der Waals surface area (Å²) in [6, 6.07) is 6.18. The first-order chi connectivity index (χ1) is 7.70. The number of nitrogens with two attached hydrogens (primary N) is 1. The summed E-state index contributed by atoms with van der Waals surface area (Å²) in [4.78, 5) is 2.42. The summed E-state index contributed by atoms with van der Waals surface area (Å²) in [7, 11) is 0. The molecule has 1 unspecified atom stereocenters. The van der Waals surface area contributed by atoms with Crippen LogP contribution in [0.5, 0.6) is 0 Å². The van der Waals surface area contributed by atoms with Crippen LogP contribution in [-0.2, 0) is 0 Å². The molecule has 1 aromatic rings. The Morgan fingerprint density at radius 2 is 2.31 bits per heavy atom. The van der Waals surface area contributed by atoms with Gasteiger partial charge in [-0.05, 0) is 37.0 Å². The summed E-state index contributed by atoms with van der Waals surface area (Å²) in [5.74, 6) is 0.855. The Bertz CT molecular complexity index is 365. The topological polar surface area (TPSA) is 29.3 Å². The van der Waals surface area contributed by atoms with Crippen molar-refractivity contribution in [3.63, 3.8) is 0 Å². The average Bonchev–Trinajstić information content (AvgIpc) is 2.67. The predicted octanol–water partition coefficient (Wildman–Crippen LogP) is 3.66. The molecule has 0 spiro atoms. The van der Waals surface area contributed by atoms with Gasteiger partial charge in [-0.15, -0.1) is 0 Å². The number of nitrogen functional groups attached to an aromatic ring is 1. The van der Waals surface area contributed by atoms with E-state index in [-0.39, 0.29) is 0 Å². The molecule has 1 aliphatic rings. The third kappa shape index (κ3) is 2.51. The van der Waals surface area contributed by atoms with Gasteiger partial charge in [-0.25, -0.2) is 0 Å². The number of anilines is 2. The Labute approximate surface area is 106 Å². The molecule has 1 aromatic carbocycles. The average molecular weight is 283 g/mol. The summed E-state index contributed by atoms with van der Waals surface area (Å²) >= 11 is 3.44. The Morgan fingerprint density at radius 3 is 3.00 bits per heavy atom. The highest BCUT2D eigenvalue weighted by Gasteiger charge is 2.22. The van der Waals surface area contributed by atoms with E-state index in [1.807, 2.05) is 6.07 Å². The Kier molecular flexibility index (Phi) is 3.74. The minimum Gasteiger partial charge on any atom is -0.397 e. The number of hydrogen-bond donors (Lipinski definition) is 1. The van der Waals surface area contributed by atoms with E-state index in [4.69, 9.17) is 5.73 Å². The van der Waals surface area contributed by atoms with E-state index in [9.17, 15) is 0 Å². The van der Waals surface area contributed by atoms with Crippen LogP contribution < -0.4 is 10.6 Å². The van der Waals surface area contributed by atoms with Gasteiger partial charge in [-0.3, -0.25) is 0 Å². The molecule has 1 aliphatic heterocycles. The van der Waals surface area contributed by atoms with Gasteiger partial charge in [0.1, 0.15) is 0 Å². The molecule has 2 rings (SSSR count). The zero-order valence-corrected chi connectivity index (χ0v) is 11.3. The smallest absolute Gasteiger partial charge is 0.0600 e. The van der Waals surface area contributed by atoms with Gasteiger partial charge < -0.3 is 10.6 Å². The van der Waals surface area contributed by atoms with Gasteiger partial charge in [0.2, 0.25) is 0 Å². The highest BCUT2D eigenvalue weighted by Crippen LogP contribution is 2.32. The standard InChI is InChI=1S/C13H19BrN2/c1-2-3-10-6-7-16(9-10)13-5-4-11(14)8-12(13)15/h4-5,8,10H,2-3,6-7,9,15H2,1H3. The van der Waals surface area contributed by atoms with Crippen LogP contribution >= 0.6 is 15.9 Å². The summed E-state index contributed by atoms with van der Waals surface area (Å²) in [5.41, 5.74) is 8.13. The van der Waals surface area contributed by atoms with Crippen LogP contribution in [0.1, 0.15) is 26.2 Å². The molecule has 0 aliphatic carbocycles. The molecule has 1 fully saturated rings. The highest BCUT2D eigenvalue weighted by molar-refractivity contribution is 9.10. The van der Waals surface area contributed by atoms with Gasteiger partial charge in [0.15, 0.2) is 0 Å². The van der Waals surface area contributed by atoms with Gasteiger partial charge in [0.05, 0.1) is 11.4 Å². The minimum atomic E-state index is 0.855. The molecule has 3 heteroatoms. The van der Waals surface area contributed by atoms with E-state index in [0.29, 0.717) is 0 Å². The van der Waals surface area contributed by atoms with Crippen molar-refractivity contribution in [2.75, 3.05) is 23.7 Å². The Hall–Kier alpha value is -0.700. The van der Waals surface area contributed by atoms with Crippen molar-refractivity contribution in [1.82, 2.24) is 0 Å². The molecule has 1 saturated heterocycles. The lowest BCUT2D eigenvalue weighted by Gasteiger charge is -2.20. The zero-order chi connectivity index (χ0) is 11.5. The predicted molar refractivity (Wildman–Crippen MR) is 73.8 cm³/mol. The fourth-order valence-corrected chi connectivity index (χ4v) is 2.89. The zero-order valence-electron chi connectivity index (χ0n) is 9.75.